The van der Waals surface area contributed by atoms with Crippen LogP contribution in [0.4, 0.5) is 4.79 Å². The minimum atomic E-state index is -0.599. The van der Waals surface area contributed by atoms with Crippen LogP contribution in [0.5, 0.6) is 0 Å². The minimum absolute atomic E-state index is 0.0145. The van der Waals surface area contributed by atoms with Gasteiger partial charge in [-0.05, 0) is 58.1 Å². The van der Waals surface area contributed by atoms with E-state index in [1.54, 1.807) is 4.90 Å². The molecule has 1 amide bonds. The van der Waals surface area contributed by atoms with E-state index in [1.165, 1.54) is 0 Å². The summed E-state index contributed by atoms with van der Waals surface area (Å²) in [5.41, 5.74) is 0.363. The molecule has 128 valence electrons. The highest BCUT2D eigenvalue weighted by atomic mass is 79.9. The standard InChI is InChI=1S/C18H26BrNO3/c1-18(2,3)23-17(22)20-11-7-6-8-13(20)12-16(21)14-9-4-5-10-15(14)19/h4-5,9-10,13,16,21H,6-8,11-12H2,1-3H3. The first-order chi connectivity index (χ1) is 10.8. The third kappa shape index (κ3) is 5.21. The maximum absolute atomic E-state index is 12.4. The number of benzene rings is 1. The molecule has 0 saturated carbocycles. The fraction of sp³-hybridized carbons (Fsp3) is 0.611. The van der Waals surface area contributed by atoms with Gasteiger partial charge in [0.1, 0.15) is 5.60 Å². The van der Waals surface area contributed by atoms with Crippen molar-refractivity contribution < 1.29 is 14.6 Å². The first-order valence-electron chi connectivity index (χ1n) is 8.20. The first-order valence-corrected chi connectivity index (χ1v) is 8.99. The van der Waals surface area contributed by atoms with Crippen LogP contribution in [-0.2, 0) is 4.74 Å². The topological polar surface area (TPSA) is 49.8 Å². The van der Waals surface area contributed by atoms with Crippen LogP contribution in [0.1, 0.15) is 58.1 Å². The highest BCUT2D eigenvalue weighted by Crippen LogP contribution is 2.31. The van der Waals surface area contributed by atoms with Crippen molar-refractivity contribution in [3.8, 4) is 0 Å². The molecule has 0 aliphatic carbocycles. The van der Waals surface area contributed by atoms with Crippen molar-refractivity contribution >= 4 is 22.0 Å². The van der Waals surface area contributed by atoms with Crippen molar-refractivity contribution in [1.29, 1.82) is 0 Å². The van der Waals surface area contributed by atoms with Crippen LogP contribution in [0.3, 0.4) is 0 Å². The largest absolute Gasteiger partial charge is 0.444 e. The predicted molar refractivity (Wildman–Crippen MR) is 94.3 cm³/mol. The van der Waals surface area contributed by atoms with Crippen molar-refractivity contribution in [1.82, 2.24) is 4.90 Å². The first kappa shape index (κ1) is 18.3. The van der Waals surface area contributed by atoms with Gasteiger partial charge >= 0.3 is 6.09 Å². The molecule has 1 heterocycles. The van der Waals surface area contributed by atoms with E-state index in [-0.39, 0.29) is 12.1 Å². The molecule has 4 nitrogen and oxygen atoms in total. The number of carbonyl (C=O) groups is 1. The Kier molecular flexibility index (Phi) is 6.09. The third-order valence-electron chi connectivity index (χ3n) is 4.01. The highest BCUT2D eigenvalue weighted by Gasteiger charge is 2.32. The minimum Gasteiger partial charge on any atom is -0.444 e. The van der Waals surface area contributed by atoms with Crippen LogP contribution < -0.4 is 0 Å². The molecule has 0 bridgehead atoms. The van der Waals surface area contributed by atoms with Gasteiger partial charge in [-0.2, -0.15) is 0 Å². The normalized spacial score (nSPS) is 20.2. The lowest BCUT2D eigenvalue weighted by molar-refractivity contribution is 0.00233. The Hall–Kier alpha value is -1.07. The molecule has 1 saturated heterocycles. The van der Waals surface area contributed by atoms with Crippen molar-refractivity contribution in [2.75, 3.05) is 6.54 Å². The van der Waals surface area contributed by atoms with Gasteiger partial charge in [0.05, 0.1) is 6.10 Å². The van der Waals surface area contributed by atoms with Crippen LogP contribution >= 0.6 is 15.9 Å². The summed E-state index contributed by atoms with van der Waals surface area (Å²) in [6, 6.07) is 7.69. The number of nitrogens with zero attached hydrogens (tertiary/aromatic N) is 1. The molecule has 2 unspecified atom stereocenters. The molecule has 1 N–H and O–H groups in total. The van der Waals surface area contributed by atoms with E-state index in [9.17, 15) is 9.90 Å². The van der Waals surface area contributed by atoms with Gasteiger partial charge in [-0.3, -0.25) is 0 Å². The average molecular weight is 384 g/mol. The lowest BCUT2D eigenvalue weighted by atomic mass is 9.94. The summed E-state index contributed by atoms with van der Waals surface area (Å²) in [7, 11) is 0. The summed E-state index contributed by atoms with van der Waals surface area (Å²) in [5, 5.41) is 10.6. The van der Waals surface area contributed by atoms with E-state index in [1.807, 2.05) is 45.0 Å². The van der Waals surface area contributed by atoms with Crippen molar-refractivity contribution in [3.63, 3.8) is 0 Å². The van der Waals surface area contributed by atoms with E-state index in [4.69, 9.17) is 4.74 Å². The number of amides is 1. The number of likely N-dealkylation sites (tertiary alicyclic amines) is 1. The van der Waals surface area contributed by atoms with Crippen LogP contribution in [0.2, 0.25) is 0 Å². The van der Waals surface area contributed by atoms with Crippen molar-refractivity contribution in [2.24, 2.45) is 0 Å². The molecular formula is C18H26BrNO3. The van der Waals surface area contributed by atoms with Gasteiger partial charge < -0.3 is 14.7 Å². The number of piperidine rings is 1. The van der Waals surface area contributed by atoms with E-state index >= 15 is 0 Å². The molecule has 1 aromatic carbocycles. The lowest BCUT2D eigenvalue weighted by Gasteiger charge is -2.37. The number of rotatable bonds is 3. The average Bonchev–Trinajstić information content (AvgIpc) is 2.46. The second-order valence-corrected chi connectivity index (χ2v) is 7.95. The Labute approximate surface area is 147 Å². The van der Waals surface area contributed by atoms with Gasteiger partial charge in [-0.15, -0.1) is 0 Å². The predicted octanol–water partition coefficient (Wildman–Crippen LogP) is 4.66. The zero-order chi connectivity index (χ0) is 17.0. The molecule has 2 atom stereocenters. The van der Waals surface area contributed by atoms with E-state index in [2.05, 4.69) is 15.9 Å². The number of aliphatic hydroxyl groups is 1. The maximum atomic E-state index is 12.4. The van der Waals surface area contributed by atoms with Gasteiger partial charge in [0.2, 0.25) is 0 Å². The zero-order valence-corrected chi connectivity index (χ0v) is 15.7. The number of carbonyl (C=O) groups excluding carboxylic acids is 1. The maximum Gasteiger partial charge on any atom is 0.410 e. The smallest absolute Gasteiger partial charge is 0.410 e. The monoisotopic (exact) mass is 383 g/mol. The van der Waals surface area contributed by atoms with Crippen LogP contribution in [0, 0.1) is 0 Å². The van der Waals surface area contributed by atoms with E-state index < -0.39 is 11.7 Å². The van der Waals surface area contributed by atoms with Gasteiger partial charge in [0.15, 0.2) is 0 Å². The van der Waals surface area contributed by atoms with Gasteiger partial charge in [-0.25, -0.2) is 4.79 Å². The summed E-state index contributed by atoms with van der Waals surface area (Å²) in [5.74, 6) is 0. The Bertz CT molecular complexity index is 541. The summed E-state index contributed by atoms with van der Waals surface area (Å²) >= 11 is 3.48. The second kappa shape index (κ2) is 7.67. The number of ether oxygens (including phenoxy) is 1. The number of halogens is 1. The highest BCUT2D eigenvalue weighted by molar-refractivity contribution is 9.10. The Balaban J connectivity index is 2.06. The number of hydrogen-bond donors (Lipinski definition) is 1. The van der Waals surface area contributed by atoms with Gasteiger partial charge in [0.25, 0.3) is 0 Å². The Morgan fingerprint density at radius 2 is 2.09 bits per heavy atom. The summed E-state index contributed by atoms with van der Waals surface area (Å²) in [6.07, 6.45) is 2.62. The summed E-state index contributed by atoms with van der Waals surface area (Å²) in [4.78, 5) is 14.2. The fourth-order valence-corrected chi connectivity index (χ4v) is 3.49. The molecule has 1 aliphatic rings. The molecule has 5 heteroatoms. The summed E-state index contributed by atoms with van der Waals surface area (Å²) < 4.78 is 6.41. The Morgan fingerprint density at radius 1 is 1.39 bits per heavy atom. The molecule has 0 radical (unpaired) electrons. The third-order valence-corrected chi connectivity index (χ3v) is 4.74. The van der Waals surface area contributed by atoms with Crippen LogP contribution in [-0.4, -0.2) is 34.3 Å². The van der Waals surface area contributed by atoms with Crippen LogP contribution in [0.25, 0.3) is 0 Å². The SMILES string of the molecule is CC(C)(C)OC(=O)N1CCCCC1CC(O)c1ccccc1Br. The molecule has 1 aliphatic heterocycles. The molecule has 1 aromatic rings. The number of aliphatic hydroxyl groups excluding tert-OH is 1. The Morgan fingerprint density at radius 3 is 2.74 bits per heavy atom. The fourth-order valence-electron chi connectivity index (χ4n) is 2.94. The quantitative estimate of drug-likeness (QED) is 0.825. The van der Waals surface area contributed by atoms with E-state index in [0.29, 0.717) is 13.0 Å². The molecule has 1 fully saturated rings. The van der Waals surface area contributed by atoms with Crippen molar-refractivity contribution in [2.45, 2.75) is 64.2 Å². The van der Waals surface area contributed by atoms with Gasteiger partial charge in [0, 0.05) is 17.1 Å². The molecule has 0 spiro atoms. The van der Waals surface area contributed by atoms with Crippen molar-refractivity contribution in [3.05, 3.63) is 34.3 Å². The summed E-state index contributed by atoms with van der Waals surface area (Å²) in [6.45, 7) is 6.32. The van der Waals surface area contributed by atoms with E-state index in [0.717, 1.165) is 29.3 Å². The second-order valence-electron chi connectivity index (χ2n) is 7.10. The molecule has 23 heavy (non-hydrogen) atoms. The molecular weight excluding hydrogens is 358 g/mol. The van der Waals surface area contributed by atoms with Crippen LogP contribution in [0.15, 0.2) is 28.7 Å². The molecule has 0 aromatic heterocycles. The van der Waals surface area contributed by atoms with Gasteiger partial charge in [-0.1, -0.05) is 34.1 Å². The lowest BCUT2D eigenvalue weighted by Crippen LogP contribution is -2.46. The zero-order valence-electron chi connectivity index (χ0n) is 14.1. The number of hydrogen-bond acceptors (Lipinski definition) is 3. The molecule has 2 rings (SSSR count).